The molecular formula is C13H11BrFNS. The second-order valence-electron chi connectivity index (χ2n) is 3.56. The summed E-state index contributed by atoms with van der Waals surface area (Å²) in [6.45, 7) is 0. The first-order valence-corrected chi connectivity index (χ1v) is 6.86. The van der Waals surface area contributed by atoms with E-state index in [4.69, 9.17) is 5.73 Å². The lowest BCUT2D eigenvalue weighted by Gasteiger charge is -2.07. The van der Waals surface area contributed by atoms with E-state index in [0.29, 0.717) is 5.69 Å². The number of hydrogen-bond acceptors (Lipinski definition) is 2. The van der Waals surface area contributed by atoms with Gasteiger partial charge in [0.05, 0.1) is 0 Å². The Balaban J connectivity index is 2.12. The molecule has 0 atom stereocenters. The summed E-state index contributed by atoms with van der Waals surface area (Å²) in [5.41, 5.74) is 7.57. The van der Waals surface area contributed by atoms with Gasteiger partial charge in [-0.2, -0.15) is 0 Å². The number of benzene rings is 2. The van der Waals surface area contributed by atoms with Crippen molar-refractivity contribution in [3.63, 3.8) is 0 Å². The van der Waals surface area contributed by atoms with E-state index >= 15 is 0 Å². The van der Waals surface area contributed by atoms with E-state index < -0.39 is 0 Å². The Morgan fingerprint density at radius 2 is 1.94 bits per heavy atom. The molecule has 0 amide bonds. The molecule has 0 saturated carbocycles. The Labute approximate surface area is 112 Å². The molecule has 0 saturated heterocycles. The molecule has 88 valence electrons. The zero-order valence-corrected chi connectivity index (χ0v) is 11.4. The van der Waals surface area contributed by atoms with Crippen LogP contribution in [0, 0.1) is 5.82 Å². The molecule has 2 rings (SSSR count). The molecule has 0 radical (unpaired) electrons. The Bertz CT molecular complexity index is 531. The van der Waals surface area contributed by atoms with Gasteiger partial charge < -0.3 is 5.73 Å². The molecule has 0 heterocycles. The standard InChI is InChI=1S/C13H11BrFNS/c14-11-4-2-1-3-9(11)8-17-13-7-10(15)5-6-12(13)16/h1-7H,8,16H2. The Hall–Kier alpha value is -1.00. The fourth-order valence-electron chi connectivity index (χ4n) is 1.40. The second kappa shape index (κ2) is 5.56. The fraction of sp³-hybridized carbons (Fsp3) is 0.0769. The summed E-state index contributed by atoms with van der Waals surface area (Å²) in [7, 11) is 0. The second-order valence-corrected chi connectivity index (χ2v) is 5.43. The lowest BCUT2D eigenvalue weighted by Crippen LogP contribution is -1.90. The highest BCUT2D eigenvalue weighted by Gasteiger charge is 2.04. The number of halogens is 2. The molecule has 0 aliphatic heterocycles. The van der Waals surface area contributed by atoms with Gasteiger partial charge >= 0.3 is 0 Å². The summed E-state index contributed by atoms with van der Waals surface area (Å²) >= 11 is 5.02. The molecule has 2 N–H and O–H groups in total. The molecule has 0 bridgehead atoms. The third kappa shape index (κ3) is 3.23. The molecule has 4 heteroatoms. The number of rotatable bonds is 3. The van der Waals surface area contributed by atoms with Crippen LogP contribution >= 0.6 is 27.7 Å². The predicted octanol–water partition coefficient (Wildman–Crippen LogP) is 4.46. The van der Waals surface area contributed by atoms with Crippen LogP contribution in [0.15, 0.2) is 51.8 Å². The van der Waals surface area contributed by atoms with Crippen LogP contribution in [0.5, 0.6) is 0 Å². The van der Waals surface area contributed by atoms with Crippen molar-refractivity contribution >= 4 is 33.4 Å². The van der Waals surface area contributed by atoms with Gasteiger partial charge in [-0.15, -0.1) is 11.8 Å². The topological polar surface area (TPSA) is 26.0 Å². The van der Waals surface area contributed by atoms with Crippen LogP contribution in [-0.4, -0.2) is 0 Å². The summed E-state index contributed by atoms with van der Waals surface area (Å²) in [5.74, 6) is 0.503. The van der Waals surface area contributed by atoms with Crippen molar-refractivity contribution < 1.29 is 4.39 Å². The van der Waals surface area contributed by atoms with Crippen LogP contribution in [0.4, 0.5) is 10.1 Å². The van der Waals surface area contributed by atoms with E-state index in [9.17, 15) is 4.39 Å². The van der Waals surface area contributed by atoms with Crippen molar-refractivity contribution in [2.24, 2.45) is 0 Å². The SMILES string of the molecule is Nc1ccc(F)cc1SCc1ccccc1Br. The minimum atomic E-state index is -0.256. The van der Waals surface area contributed by atoms with Crippen LogP contribution in [0.1, 0.15) is 5.56 Å². The van der Waals surface area contributed by atoms with Crippen molar-refractivity contribution in [3.05, 3.63) is 58.3 Å². The van der Waals surface area contributed by atoms with Crippen LogP contribution in [0.2, 0.25) is 0 Å². The van der Waals surface area contributed by atoms with Gasteiger partial charge in [-0.05, 0) is 29.8 Å². The van der Waals surface area contributed by atoms with Crippen molar-refractivity contribution in [1.29, 1.82) is 0 Å². The lowest BCUT2D eigenvalue weighted by molar-refractivity contribution is 0.624. The highest BCUT2D eigenvalue weighted by Crippen LogP contribution is 2.30. The van der Waals surface area contributed by atoms with Crippen molar-refractivity contribution in [1.82, 2.24) is 0 Å². The van der Waals surface area contributed by atoms with E-state index in [-0.39, 0.29) is 5.82 Å². The molecule has 0 fully saturated rings. The first kappa shape index (κ1) is 12.5. The maximum atomic E-state index is 13.1. The summed E-state index contributed by atoms with van der Waals surface area (Å²) in [6, 6.07) is 12.4. The first-order valence-electron chi connectivity index (χ1n) is 5.08. The van der Waals surface area contributed by atoms with Gasteiger partial charge in [0.15, 0.2) is 0 Å². The zero-order valence-electron chi connectivity index (χ0n) is 8.99. The summed E-state index contributed by atoms with van der Waals surface area (Å²) in [4.78, 5) is 0.778. The normalized spacial score (nSPS) is 10.5. The Kier molecular flexibility index (Phi) is 4.07. The molecule has 0 spiro atoms. The molecule has 2 aromatic rings. The van der Waals surface area contributed by atoms with Crippen molar-refractivity contribution in [2.75, 3.05) is 5.73 Å². The number of nitrogen functional groups attached to an aromatic ring is 1. The lowest BCUT2D eigenvalue weighted by atomic mass is 10.2. The zero-order chi connectivity index (χ0) is 12.3. The van der Waals surface area contributed by atoms with Gasteiger partial charge in [0, 0.05) is 20.8 Å². The number of nitrogens with two attached hydrogens (primary N) is 1. The van der Waals surface area contributed by atoms with E-state index in [2.05, 4.69) is 15.9 Å². The molecule has 17 heavy (non-hydrogen) atoms. The van der Waals surface area contributed by atoms with Gasteiger partial charge in [0.2, 0.25) is 0 Å². The molecule has 0 aliphatic carbocycles. The van der Waals surface area contributed by atoms with Gasteiger partial charge in [0.1, 0.15) is 5.82 Å². The maximum Gasteiger partial charge on any atom is 0.124 e. The smallest absolute Gasteiger partial charge is 0.124 e. The van der Waals surface area contributed by atoms with Gasteiger partial charge in [-0.3, -0.25) is 0 Å². The van der Waals surface area contributed by atoms with Crippen LogP contribution < -0.4 is 5.73 Å². The minimum Gasteiger partial charge on any atom is -0.398 e. The molecule has 0 aliphatic rings. The van der Waals surface area contributed by atoms with Crippen molar-refractivity contribution in [2.45, 2.75) is 10.6 Å². The van der Waals surface area contributed by atoms with Crippen LogP contribution in [-0.2, 0) is 5.75 Å². The third-order valence-electron chi connectivity index (χ3n) is 2.32. The van der Waals surface area contributed by atoms with Crippen molar-refractivity contribution in [3.8, 4) is 0 Å². The number of anilines is 1. The quantitative estimate of drug-likeness (QED) is 0.669. The predicted molar refractivity (Wildman–Crippen MR) is 74.5 cm³/mol. The molecule has 0 unspecified atom stereocenters. The van der Waals surface area contributed by atoms with Crippen LogP contribution in [0.25, 0.3) is 0 Å². The van der Waals surface area contributed by atoms with Gasteiger partial charge in [-0.25, -0.2) is 4.39 Å². The monoisotopic (exact) mass is 311 g/mol. The minimum absolute atomic E-state index is 0.256. The Morgan fingerprint density at radius 1 is 1.18 bits per heavy atom. The first-order chi connectivity index (χ1) is 8.16. The summed E-state index contributed by atoms with van der Waals surface area (Å²) < 4.78 is 14.1. The van der Waals surface area contributed by atoms with E-state index in [0.717, 1.165) is 15.1 Å². The summed E-state index contributed by atoms with van der Waals surface area (Å²) in [6.07, 6.45) is 0. The highest BCUT2D eigenvalue weighted by molar-refractivity contribution is 9.10. The fourth-order valence-corrected chi connectivity index (χ4v) is 3.01. The van der Waals surface area contributed by atoms with E-state index in [1.54, 1.807) is 6.07 Å². The highest BCUT2D eigenvalue weighted by atomic mass is 79.9. The van der Waals surface area contributed by atoms with Gasteiger partial charge in [0.25, 0.3) is 0 Å². The average molecular weight is 312 g/mol. The van der Waals surface area contributed by atoms with E-state index in [1.165, 1.54) is 29.5 Å². The Morgan fingerprint density at radius 3 is 2.71 bits per heavy atom. The van der Waals surface area contributed by atoms with Gasteiger partial charge in [-0.1, -0.05) is 34.1 Å². The molecule has 1 nitrogen and oxygen atoms in total. The largest absolute Gasteiger partial charge is 0.398 e. The number of hydrogen-bond donors (Lipinski definition) is 1. The molecular weight excluding hydrogens is 301 g/mol. The molecule has 0 aromatic heterocycles. The maximum absolute atomic E-state index is 13.1. The molecule has 2 aromatic carbocycles. The average Bonchev–Trinajstić information content (AvgIpc) is 2.32. The van der Waals surface area contributed by atoms with E-state index in [1.807, 2.05) is 24.3 Å². The third-order valence-corrected chi connectivity index (χ3v) is 4.21. The summed E-state index contributed by atoms with van der Waals surface area (Å²) in [5, 5.41) is 0. The van der Waals surface area contributed by atoms with Crippen LogP contribution in [0.3, 0.4) is 0 Å². The number of thioether (sulfide) groups is 1.